The van der Waals surface area contributed by atoms with Gasteiger partial charge in [0.05, 0.1) is 11.6 Å². The second-order valence-corrected chi connectivity index (χ2v) is 6.77. The standard InChI is InChI=1S/C25H24N2O/c1-3-16-28-24-14-10-21(11-15-24)19-27(2)18-20-8-12-22(13-9-20)25-7-5-4-6-23(25)17-26/h3-15H,1,16,18-19H2,2H3. The van der Waals surface area contributed by atoms with Crippen molar-refractivity contribution in [2.75, 3.05) is 13.7 Å². The van der Waals surface area contributed by atoms with E-state index < -0.39 is 0 Å². The van der Waals surface area contributed by atoms with Crippen LogP contribution in [0.15, 0.2) is 85.5 Å². The van der Waals surface area contributed by atoms with Crippen LogP contribution in [0.25, 0.3) is 11.1 Å². The van der Waals surface area contributed by atoms with E-state index in [1.54, 1.807) is 6.08 Å². The van der Waals surface area contributed by atoms with Gasteiger partial charge in [-0.2, -0.15) is 5.26 Å². The molecular formula is C25H24N2O. The third-order valence-corrected chi connectivity index (χ3v) is 4.51. The Labute approximate surface area is 167 Å². The quantitative estimate of drug-likeness (QED) is 0.498. The summed E-state index contributed by atoms with van der Waals surface area (Å²) in [7, 11) is 2.11. The molecule has 0 amide bonds. The zero-order valence-electron chi connectivity index (χ0n) is 16.1. The molecule has 0 bridgehead atoms. The van der Waals surface area contributed by atoms with E-state index in [0.29, 0.717) is 12.2 Å². The predicted molar refractivity (Wildman–Crippen MR) is 114 cm³/mol. The van der Waals surface area contributed by atoms with Crippen LogP contribution in [0.3, 0.4) is 0 Å². The molecule has 3 aromatic rings. The lowest BCUT2D eigenvalue weighted by Gasteiger charge is -2.17. The van der Waals surface area contributed by atoms with E-state index in [2.05, 4.69) is 61.0 Å². The van der Waals surface area contributed by atoms with E-state index in [9.17, 15) is 5.26 Å². The molecule has 3 rings (SSSR count). The Hall–Kier alpha value is -3.35. The Bertz CT molecular complexity index is 953. The predicted octanol–water partition coefficient (Wildman–Crippen LogP) is 5.42. The molecule has 28 heavy (non-hydrogen) atoms. The minimum atomic E-state index is 0.522. The first-order valence-corrected chi connectivity index (χ1v) is 9.29. The second-order valence-electron chi connectivity index (χ2n) is 6.77. The van der Waals surface area contributed by atoms with Crippen LogP contribution in [-0.4, -0.2) is 18.6 Å². The Morgan fingerprint density at radius 3 is 2.14 bits per heavy atom. The molecule has 0 N–H and O–H groups in total. The summed E-state index contributed by atoms with van der Waals surface area (Å²) in [6, 6.07) is 26.6. The van der Waals surface area contributed by atoms with Crippen molar-refractivity contribution in [3.8, 4) is 22.9 Å². The van der Waals surface area contributed by atoms with Crippen LogP contribution in [0.5, 0.6) is 5.75 Å². The number of nitriles is 1. The normalized spacial score (nSPS) is 10.5. The lowest BCUT2D eigenvalue weighted by atomic mass is 9.99. The molecule has 140 valence electrons. The highest BCUT2D eigenvalue weighted by atomic mass is 16.5. The van der Waals surface area contributed by atoms with Gasteiger partial charge in [0.2, 0.25) is 0 Å². The van der Waals surface area contributed by atoms with Crippen molar-refractivity contribution in [3.63, 3.8) is 0 Å². The van der Waals surface area contributed by atoms with Gasteiger partial charge in [-0.15, -0.1) is 0 Å². The maximum absolute atomic E-state index is 9.28. The van der Waals surface area contributed by atoms with Crippen LogP contribution in [0, 0.1) is 11.3 Å². The minimum Gasteiger partial charge on any atom is -0.490 e. The minimum absolute atomic E-state index is 0.522. The van der Waals surface area contributed by atoms with Crippen LogP contribution >= 0.6 is 0 Å². The molecule has 0 atom stereocenters. The van der Waals surface area contributed by atoms with Crippen molar-refractivity contribution in [2.24, 2.45) is 0 Å². The molecule has 0 spiro atoms. The summed E-state index contributed by atoms with van der Waals surface area (Å²) < 4.78 is 5.52. The van der Waals surface area contributed by atoms with E-state index >= 15 is 0 Å². The highest BCUT2D eigenvalue weighted by molar-refractivity contribution is 5.70. The fourth-order valence-corrected chi connectivity index (χ4v) is 3.15. The molecule has 3 heteroatoms. The number of benzene rings is 3. The first kappa shape index (κ1) is 19.4. The van der Waals surface area contributed by atoms with Crippen molar-refractivity contribution >= 4 is 0 Å². The zero-order chi connectivity index (χ0) is 19.8. The van der Waals surface area contributed by atoms with Crippen LogP contribution < -0.4 is 4.74 Å². The molecule has 0 fully saturated rings. The van der Waals surface area contributed by atoms with Crippen molar-refractivity contribution in [1.29, 1.82) is 5.26 Å². The molecule has 0 unspecified atom stereocenters. The Balaban J connectivity index is 1.61. The van der Waals surface area contributed by atoms with Gasteiger partial charge in [0.25, 0.3) is 0 Å². The number of rotatable bonds is 8. The highest BCUT2D eigenvalue weighted by Gasteiger charge is 2.06. The van der Waals surface area contributed by atoms with Gasteiger partial charge in [-0.3, -0.25) is 4.90 Å². The van der Waals surface area contributed by atoms with E-state index in [1.807, 2.05) is 36.4 Å². The van der Waals surface area contributed by atoms with Crippen molar-refractivity contribution in [1.82, 2.24) is 4.90 Å². The summed E-state index contributed by atoms with van der Waals surface area (Å²) in [5.74, 6) is 0.861. The second kappa shape index (κ2) is 9.55. The molecule has 0 aliphatic heterocycles. The largest absolute Gasteiger partial charge is 0.490 e. The third-order valence-electron chi connectivity index (χ3n) is 4.51. The number of hydrogen-bond donors (Lipinski definition) is 0. The lowest BCUT2D eigenvalue weighted by Crippen LogP contribution is -2.17. The molecule has 0 saturated heterocycles. The van der Waals surface area contributed by atoms with Gasteiger partial charge in [0.1, 0.15) is 12.4 Å². The zero-order valence-corrected chi connectivity index (χ0v) is 16.1. The number of hydrogen-bond acceptors (Lipinski definition) is 3. The van der Waals surface area contributed by atoms with Crippen molar-refractivity contribution in [2.45, 2.75) is 13.1 Å². The van der Waals surface area contributed by atoms with Crippen LogP contribution in [0.2, 0.25) is 0 Å². The fraction of sp³-hybridized carbons (Fsp3) is 0.160. The Morgan fingerprint density at radius 1 is 0.929 bits per heavy atom. The van der Waals surface area contributed by atoms with Gasteiger partial charge in [-0.1, -0.05) is 67.3 Å². The van der Waals surface area contributed by atoms with E-state index in [1.165, 1.54) is 11.1 Å². The van der Waals surface area contributed by atoms with E-state index in [0.717, 1.165) is 30.0 Å². The molecule has 0 heterocycles. The fourth-order valence-electron chi connectivity index (χ4n) is 3.15. The summed E-state index contributed by atoms with van der Waals surface area (Å²) >= 11 is 0. The van der Waals surface area contributed by atoms with Gasteiger partial charge < -0.3 is 4.74 Å². The van der Waals surface area contributed by atoms with Crippen LogP contribution in [0.4, 0.5) is 0 Å². The van der Waals surface area contributed by atoms with Gasteiger partial charge in [0.15, 0.2) is 0 Å². The van der Waals surface area contributed by atoms with E-state index in [4.69, 9.17) is 4.74 Å². The molecule has 3 nitrogen and oxygen atoms in total. The maximum atomic E-state index is 9.28. The van der Waals surface area contributed by atoms with Gasteiger partial charge in [0, 0.05) is 13.1 Å². The average Bonchev–Trinajstić information content (AvgIpc) is 2.74. The SMILES string of the molecule is C=CCOc1ccc(CN(C)Cc2ccc(-c3ccccc3C#N)cc2)cc1. The monoisotopic (exact) mass is 368 g/mol. The molecule has 0 aliphatic rings. The Kier molecular flexibility index (Phi) is 6.62. The summed E-state index contributed by atoms with van der Waals surface area (Å²) in [6.45, 7) is 5.90. The molecule has 0 aromatic heterocycles. The average molecular weight is 368 g/mol. The van der Waals surface area contributed by atoms with E-state index in [-0.39, 0.29) is 0 Å². The number of ether oxygens (including phenoxy) is 1. The lowest BCUT2D eigenvalue weighted by molar-refractivity contribution is 0.318. The van der Waals surface area contributed by atoms with Gasteiger partial charge in [-0.25, -0.2) is 0 Å². The smallest absolute Gasteiger partial charge is 0.119 e. The molecule has 0 aliphatic carbocycles. The summed E-state index contributed by atoms with van der Waals surface area (Å²) in [4.78, 5) is 2.28. The van der Waals surface area contributed by atoms with Crippen molar-refractivity contribution in [3.05, 3.63) is 102 Å². The third kappa shape index (κ3) is 5.09. The molecule has 0 radical (unpaired) electrons. The first-order chi connectivity index (χ1) is 13.7. The van der Waals surface area contributed by atoms with Gasteiger partial charge >= 0.3 is 0 Å². The Morgan fingerprint density at radius 2 is 1.54 bits per heavy atom. The van der Waals surface area contributed by atoms with Crippen LogP contribution in [0.1, 0.15) is 16.7 Å². The van der Waals surface area contributed by atoms with Crippen molar-refractivity contribution < 1.29 is 4.74 Å². The molecular weight excluding hydrogens is 344 g/mol. The summed E-state index contributed by atoms with van der Waals surface area (Å²) in [5.41, 5.74) is 5.23. The summed E-state index contributed by atoms with van der Waals surface area (Å²) in [6.07, 6.45) is 1.74. The topological polar surface area (TPSA) is 36.3 Å². The molecule has 0 saturated carbocycles. The maximum Gasteiger partial charge on any atom is 0.119 e. The summed E-state index contributed by atoms with van der Waals surface area (Å²) in [5, 5.41) is 9.28. The van der Waals surface area contributed by atoms with Gasteiger partial charge in [-0.05, 0) is 47.5 Å². The highest BCUT2D eigenvalue weighted by Crippen LogP contribution is 2.24. The molecule has 3 aromatic carbocycles. The number of nitrogens with zero attached hydrogens (tertiary/aromatic N) is 2. The van der Waals surface area contributed by atoms with Crippen LogP contribution in [-0.2, 0) is 13.1 Å². The first-order valence-electron chi connectivity index (χ1n) is 9.29.